The van der Waals surface area contributed by atoms with Gasteiger partial charge in [0.15, 0.2) is 5.82 Å². The van der Waals surface area contributed by atoms with Gasteiger partial charge in [-0.1, -0.05) is 13.0 Å². The van der Waals surface area contributed by atoms with Crippen molar-refractivity contribution >= 4 is 39.3 Å². The second-order valence-electron chi connectivity index (χ2n) is 14.0. The highest BCUT2D eigenvalue weighted by molar-refractivity contribution is 6.07. The standard InChI is InChI=1S/C36H35F4N5O4/c1-2-22-25(38)6-5-19-11-21(46)12-23(28(19)22)29-26(39)13-24-31(30(29)40)42-34(49-18-36-8-4-10-45(36)16-20(37)14-36)43-32(24)44-9-3-7-35(17-44)15-27(47)41-33(35)48/h5-6,11-13,20,46H,2-4,7-10,14-18H2,1H3,(H,41,47,48)/t20-,35?,36+/m1/s1. The van der Waals surface area contributed by atoms with E-state index in [9.17, 15) is 19.1 Å². The fourth-order valence-electron chi connectivity index (χ4n) is 8.74. The van der Waals surface area contributed by atoms with Crippen LogP contribution in [-0.2, 0) is 16.0 Å². The normalized spacial score (nSPS) is 25.6. The summed E-state index contributed by atoms with van der Waals surface area (Å²) in [5.41, 5.74) is -2.14. The van der Waals surface area contributed by atoms with Crippen molar-refractivity contribution in [1.29, 1.82) is 0 Å². The molecule has 0 radical (unpaired) electrons. The predicted molar refractivity (Wildman–Crippen MR) is 174 cm³/mol. The molecule has 1 spiro atoms. The zero-order chi connectivity index (χ0) is 34.2. The first kappa shape index (κ1) is 31.7. The minimum atomic E-state index is -1.06. The van der Waals surface area contributed by atoms with Gasteiger partial charge in [0.2, 0.25) is 11.8 Å². The number of aromatic nitrogens is 2. The third-order valence-corrected chi connectivity index (χ3v) is 11.0. The van der Waals surface area contributed by atoms with Crippen molar-refractivity contribution in [1.82, 2.24) is 20.2 Å². The molecule has 2 amide bonds. The molecule has 0 saturated carbocycles. The second-order valence-corrected chi connectivity index (χ2v) is 14.0. The van der Waals surface area contributed by atoms with Crippen LogP contribution in [0.1, 0.15) is 51.0 Å². The maximum atomic E-state index is 17.0. The van der Waals surface area contributed by atoms with Gasteiger partial charge in [0.1, 0.15) is 41.5 Å². The largest absolute Gasteiger partial charge is 0.508 e. The smallest absolute Gasteiger partial charge is 0.319 e. The Hall–Kier alpha value is -4.52. The molecule has 8 rings (SSSR count). The number of rotatable bonds is 6. The van der Waals surface area contributed by atoms with Crippen molar-refractivity contribution in [3.05, 3.63) is 53.3 Å². The fraction of sp³-hybridized carbons (Fsp3) is 0.444. The van der Waals surface area contributed by atoms with E-state index < -0.39 is 46.0 Å². The first-order valence-electron chi connectivity index (χ1n) is 16.8. The number of hydrogen-bond acceptors (Lipinski definition) is 8. The Morgan fingerprint density at radius 2 is 1.88 bits per heavy atom. The van der Waals surface area contributed by atoms with Crippen molar-refractivity contribution in [2.75, 3.05) is 37.7 Å². The van der Waals surface area contributed by atoms with E-state index in [-0.39, 0.29) is 83.3 Å². The maximum absolute atomic E-state index is 17.0. The number of halogens is 4. The van der Waals surface area contributed by atoms with Gasteiger partial charge in [-0.3, -0.25) is 19.8 Å². The summed E-state index contributed by atoms with van der Waals surface area (Å²) in [6.07, 6.45) is 2.09. The van der Waals surface area contributed by atoms with Crippen molar-refractivity contribution in [2.24, 2.45) is 5.41 Å². The lowest BCUT2D eigenvalue weighted by Crippen LogP contribution is -2.47. The number of aryl methyl sites for hydroxylation is 1. The Morgan fingerprint density at radius 1 is 1.06 bits per heavy atom. The number of fused-ring (bicyclic) bond motifs is 3. The molecule has 4 fully saturated rings. The predicted octanol–water partition coefficient (Wildman–Crippen LogP) is 5.72. The number of nitrogens with zero attached hydrogens (tertiary/aromatic N) is 4. The SMILES string of the molecule is CCc1c(F)ccc2cc(O)cc(-c3c(F)cc4c(N5CCCC6(CC(=O)NC6=O)C5)nc(OC[C@@]56CCCN5C[C@H](F)C6)nc4c3F)c12. The molecule has 3 aromatic carbocycles. The fourth-order valence-corrected chi connectivity index (χ4v) is 8.74. The number of hydrogen-bond donors (Lipinski definition) is 2. The third kappa shape index (κ3) is 5.07. The quantitative estimate of drug-likeness (QED) is 0.197. The number of piperidine rings is 1. The summed E-state index contributed by atoms with van der Waals surface area (Å²) < 4.78 is 69.1. The number of ether oxygens (including phenoxy) is 1. The van der Waals surface area contributed by atoms with Gasteiger partial charge in [0, 0.05) is 37.9 Å². The van der Waals surface area contributed by atoms with E-state index in [0.717, 1.165) is 25.5 Å². The van der Waals surface area contributed by atoms with E-state index in [2.05, 4.69) is 20.2 Å². The van der Waals surface area contributed by atoms with Gasteiger partial charge in [-0.05, 0) is 84.8 Å². The highest BCUT2D eigenvalue weighted by Gasteiger charge is 2.51. The Bertz CT molecular complexity index is 2060. The van der Waals surface area contributed by atoms with E-state index in [1.807, 2.05) is 0 Å². The van der Waals surface area contributed by atoms with E-state index in [0.29, 0.717) is 31.3 Å². The van der Waals surface area contributed by atoms with Gasteiger partial charge in [-0.25, -0.2) is 17.6 Å². The number of imide groups is 1. The summed E-state index contributed by atoms with van der Waals surface area (Å²) in [6, 6.07) is 6.23. The summed E-state index contributed by atoms with van der Waals surface area (Å²) in [5, 5.41) is 13.7. The lowest BCUT2D eigenvalue weighted by atomic mass is 9.78. The number of aromatic hydroxyl groups is 1. The minimum absolute atomic E-state index is 0.00871. The van der Waals surface area contributed by atoms with Crippen LogP contribution < -0.4 is 15.0 Å². The molecule has 1 unspecified atom stereocenters. The molecule has 9 nitrogen and oxygen atoms in total. The molecule has 49 heavy (non-hydrogen) atoms. The van der Waals surface area contributed by atoms with Crippen LogP contribution in [0.3, 0.4) is 0 Å². The van der Waals surface area contributed by atoms with Crippen molar-refractivity contribution < 1.29 is 37.0 Å². The van der Waals surface area contributed by atoms with Crippen LogP contribution in [0, 0.1) is 22.9 Å². The number of phenols is 1. The molecular formula is C36H35F4N5O4. The van der Waals surface area contributed by atoms with Crippen LogP contribution in [0.25, 0.3) is 32.8 Å². The van der Waals surface area contributed by atoms with Crippen LogP contribution in [0.15, 0.2) is 30.3 Å². The number of phenolic OH excluding ortho intramolecular Hbond substituents is 1. The Balaban J connectivity index is 1.30. The first-order chi connectivity index (χ1) is 23.5. The number of nitrogens with one attached hydrogen (secondary N) is 1. The van der Waals surface area contributed by atoms with Crippen molar-refractivity contribution in [2.45, 2.75) is 63.6 Å². The molecule has 1 aromatic heterocycles. The average Bonchev–Trinajstić information content (AvgIpc) is 3.68. The van der Waals surface area contributed by atoms with Crippen LogP contribution in [0.5, 0.6) is 11.8 Å². The molecule has 4 aromatic rings. The van der Waals surface area contributed by atoms with E-state index >= 15 is 13.2 Å². The number of amides is 2. The molecule has 256 valence electrons. The van der Waals surface area contributed by atoms with Gasteiger partial charge in [0.25, 0.3) is 0 Å². The van der Waals surface area contributed by atoms with Crippen LogP contribution in [0.4, 0.5) is 23.4 Å². The summed E-state index contributed by atoms with van der Waals surface area (Å²) >= 11 is 0. The lowest BCUT2D eigenvalue weighted by molar-refractivity contribution is -0.128. The highest BCUT2D eigenvalue weighted by Crippen LogP contribution is 2.45. The first-order valence-corrected chi connectivity index (χ1v) is 16.8. The van der Waals surface area contributed by atoms with Gasteiger partial charge in [-0.15, -0.1) is 0 Å². The Kier molecular flexibility index (Phi) is 7.47. The number of anilines is 1. The number of alkyl halides is 1. The van der Waals surface area contributed by atoms with Gasteiger partial charge < -0.3 is 14.7 Å². The molecule has 0 bridgehead atoms. The van der Waals surface area contributed by atoms with Gasteiger partial charge in [0.05, 0.1) is 16.5 Å². The minimum Gasteiger partial charge on any atom is -0.508 e. The maximum Gasteiger partial charge on any atom is 0.319 e. The summed E-state index contributed by atoms with van der Waals surface area (Å²) in [4.78, 5) is 38.1. The van der Waals surface area contributed by atoms with Crippen molar-refractivity contribution in [3.63, 3.8) is 0 Å². The topological polar surface area (TPSA) is 108 Å². The van der Waals surface area contributed by atoms with Crippen molar-refractivity contribution in [3.8, 4) is 22.9 Å². The highest BCUT2D eigenvalue weighted by atomic mass is 19.1. The number of carbonyl (C=O) groups excluding carboxylic acids is 2. The molecule has 3 atom stereocenters. The van der Waals surface area contributed by atoms with Gasteiger partial charge in [-0.2, -0.15) is 9.97 Å². The van der Waals surface area contributed by atoms with E-state index in [4.69, 9.17) is 4.74 Å². The van der Waals surface area contributed by atoms with Crippen LogP contribution in [0.2, 0.25) is 0 Å². The third-order valence-electron chi connectivity index (χ3n) is 11.0. The average molecular weight is 678 g/mol. The monoisotopic (exact) mass is 677 g/mol. The summed E-state index contributed by atoms with van der Waals surface area (Å²) in [5.74, 6) is -3.49. The van der Waals surface area contributed by atoms with Crippen LogP contribution in [-0.4, -0.2) is 76.3 Å². The van der Waals surface area contributed by atoms with E-state index in [1.54, 1.807) is 11.8 Å². The molecule has 4 aliphatic heterocycles. The molecule has 5 heterocycles. The lowest BCUT2D eigenvalue weighted by Gasteiger charge is -2.39. The Morgan fingerprint density at radius 3 is 2.65 bits per heavy atom. The zero-order valence-electron chi connectivity index (χ0n) is 26.9. The molecular weight excluding hydrogens is 642 g/mol. The molecule has 2 N–H and O–H groups in total. The van der Waals surface area contributed by atoms with E-state index in [1.165, 1.54) is 24.3 Å². The molecule has 0 aliphatic carbocycles. The summed E-state index contributed by atoms with van der Waals surface area (Å²) in [6.45, 7) is 3.30. The number of benzene rings is 3. The summed E-state index contributed by atoms with van der Waals surface area (Å²) in [7, 11) is 0. The molecule has 13 heteroatoms. The van der Waals surface area contributed by atoms with Crippen LogP contribution >= 0.6 is 0 Å². The second kappa shape index (κ2) is 11.5. The molecule has 4 saturated heterocycles. The number of carbonyl (C=O) groups is 2. The molecule has 4 aliphatic rings. The Labute approximate surface area is 279 Å². The van der Waals surface area contributed by atoms with Gasteiger partial charge >= 0.3 is 6.01 Å². The zero-order valence-corrected chi connectivity index (χ0v) is 26.9.